The Morgan fingerprint density at radius 2 is 1.65 bits per heavy atom. The molecule has 0 aromatic heterocycles. The topological polar surface area (TPSA) is 86.6 Å². The van der Waals surface area contributed by atoms with Crippen LogP contribution in [0.1, 0.15) is 17.2 Å². The number of benzene rings is 2. The molecule has 0 heterocycles. The van der Waals surface area contributed by atoms with Crippen molar-refractivity contribution in [2.75, 3.05) is 0 Å². The van der Waals surface area contributed by atoms with Gasteiger partial charge in [-0.2, -0.15) is 0 Å². The number of amides is 1. The largest absolute Gasteiger partial charge is 0.480 e. The van der Waals surface area contributed by atoms with Crippen LogP contribution in [-0.4, -0.2) is 28.1 Å². The third kappa shape index (κ3) is 4.37. The fraction of sp³-hybridized carbons (Fsp3) is 0.176. The van der Waals surface area contributed by atoms with Crippen LogP contribution in [-0.2, 0) is 16.0 Å². The van der Waals surface area contributed by atoms with Gasteiger partial charge in [0.25, 0.3) is 5.91 Å². The second kappa shape index (κ2) is 7.51. The highest BCUT2D eigenvalue weighted by molar-refractivity contribution is 5.87. The van der Waals surface area contributed by atoms with E-state index >= 15 is 0 Å². The van der Waals surface area contributed by atoms with Gasteiger partial charge in [-0.25, -0.2) is 9.18 Å². The van der Waals surface area contributed by atoms with Crippen LogP contribution in [0, 0.1) is 5.82 Å². The molecule has 0 spiro atoms. The van der Waals surface area contributed by atoms with E-state index < -0.39 is 29.8 Å². The maximum absolute atomic E-state index is 13.6. The summed E-state index contributed by atoms with van der Waals surface area (Å²) in [6, 6.07) is 12.5. The number of aliphatic hydroxyl groups excluding tert-OH is 1. The van der Waals surface area contributed by atoms with E-state index in [0.717, 1.165) is 0 Å². The van der Waals surface area contributed by atoms with Crippen LogP contribution in [0.25, 0.3) is 0 Å². The molecule has 0 saturated heterocycles. The Kier molecular flexibility index (Phi) is 5.43. The molecule has 0 fully saturated rings. The van der Waals surface area contributed by atoms with Crippen molar-refractivity contribution < 1.29 is 24.2 Å². The summed E-state index contributed by atoms with van der Waals surface area (Å²) < 4.78 is 13.6. The monoisotopic (exact) mass is 317 g/mol. The van der Waals surface area contributed by atoms with E-state index in [1.54, 1.807) is 36.4 Å². The van der Waals surface area contributed by atoms with Gasteiger partial charge in [0.05, 0.1) is 0 Å². The van der Waals surface area contributed by atoms with Crippen molar-refractivity contribution in [3.05, 3.63) is 71.5 Å². The van der Waals surface area contributed by atoms with Crippen LogP contribution in [0.4, 0.5) is 4.39 Å². The van der Waals surface area contributed by atoms with Crippen LogP contribution < -0.4 is 5.32 Å². The first kappa shape index (κ1) is 16.6. The van der Waals surface area contributed by atoms with Crippen molar-refractivity contribution in [3.8, 4) is 0 Å². The second-order valence-electron chi connectivity index (χ2n) is 5.01. The van der Waals surface area contributed by atoms with Crippen molar-refractivity contribution in [1.82, 2.24) is 5.32 Å². The Hall–Kier alpha value is -2.73. The van der Waals surface area contributed by atoms with E-state index in [4.69, 9.17) is 0 Å². The molecule has 6 heteroatoms. The first-order valence-electron chi connectivity index (χ1n) is 6.98. The van der Waals surface area contributed by atoms with Crippen molar-refractivity contribution in [1.29, 1.82) is 0 Å². The van der Waals surface area contributed by atoms with Gasteiger partial charge in [-0.15, -0.1) is 0 Å². The molecule has 0 unspecified atom stereocenters. The molecule has 0 aliphatic rings. The third-order valence-electron chi connectivity index (χ3n) is 3.36. The molecule has 0 saturated carbocycles. The standard InChI is InChI=1S/C17H16FNO4/c18-13-9-5-4-8-12(13)10-14(17(22)23)19-16(21)15(20)11-6-2-1-3-7-11/h1-9,14-15,20H,10H2,(H,19,21)(H,22,23)/t14-,15+/m1/s1. The number of hydrogen-bond acceptors (Lipinski definition) is 3. The first-order valence-corrected chi connectivity index (χ1v) is 6.98. The van der Waals surface area contributed by atoms with Crippen molar-refractivity contribution in [2.45, 2.75) is 18.6 Å². The molecule has 0 aliphatic carbocycles. The fourth-order valence-electron chi connectivity index (χ4n) is 2.12. The lowest BCUT2D eigenvalue weighted by atomic mass is 10.0. The number of carboxylic acid groups (broad SMARTS) is 1. The number of carbonyl (C=O) groups is 2. The summed E-state index contributed by atoms with van der Waals surface area (Å²) in [6.45, 7) is 0. The number of carbonyl (C=O) groups excluding carboxylic acids is 1. The number of aliphatic carboxylic acids is 1. The fourth-order valence-corrected chi connectivity index (χ4v) is 2.12. The van der Waals surface area contributed by atoms with Gasteiger partial charge in [0.2, 0.25) is 0 Å². The van der Waals surface area contributed by atoms with E-state index in [9.17, 15) is 24.2 Å². The molecule has 5 nitrogen and oxygen atoms in total. The molecule has 2 rings (SSSR count). The second-order valence-corrected chi connectivity index (χ2v) is 5.01. The zero-order chi connectivity index (χ0) is 16.8. The highest BCUT2D eigenvalue weighted by Gasteiger charge is 2.25. The highest BCUT2D eigenvalue weighted by Crippen LogP contribution is 2.14. The molecule has 0 bridgehead atoms. The van der Waals surface area contributed by atoms with Crippen molar-refractivity contribution >= 4 is 11.9 Å². The van der Waals surface area contributed by atoms with Gasteiger partial charge < -0.3 is 15.5 Å². The lowest BCUT2D eigenvalue weighted by Crippen LogP contribution is -2.44. The zero-order valence-corrected chi connectivity index (χ0v) is 12.1. The number of nitrogens with one attached hydrogen (secondary N) is 1. The van der Waals surface area contributed by atoms with E-state index in [-0.39, 0.29) is 12.0 Å². The summed E-state index contributed by atoms with van der Waals surface area (Å²) in [4.78, 5) is 23.3. The van der Waals surface area contributed by atoms with Crippen LogP contribution in [0.5, 0.6) is 0 Å². The van der Waals surface area contributed by atoms with E-state index in [1.807, 2.05) is 0 Å². The van der Waals surface area contributed by atoms with Gasteiger partial charge in [-0.3, -0.25) is 4.79 Å². The summed E-state index contributed by atoms with van der Waals surface area (Å²) >= 11 is 0. The molecule has 0 radical (unpaired) electrons. The van der Waals surface area contributed by atoms with Crippen LogP contribution >= 0.6 is 0 Å². The average Bonchev–Trinajstić information content (AvgIpc) is 2.56. The molecule has 23 heavy (non-hydrogen) atoms. The predicted octanol–water partition coefficient (Wildman–Crippen LogP) is 1.67. The molecule has 1 amide bonds. The smallest absolute Gasteiger partial charge is 0.326 e. The number of rotatable bonds is 6. The minimum absolute atomic E-state index is 0.175. The highest BCUT2D eigenvalue weighted by atomic mass is 19.1. The first-order chi connectivity index (χ1) is 11.0. The molecular formula is C17H16FNO4. The number of carboxylic acids is 1. The molecule has 3 N–H and O–H groups in total. The van der Waals surface area contributed by atoms with Gasteiger partial charge in [-0.05, 0) is 17.2 Å². The Morgan fingerprint density at radius 3 is 2.26 bits per heavy atom. The normalized spacial score (nSPS) is 13.1. The third-order valence-corrected chi connectivity index (χ3v) is 3.36. The van der Waals surface area contributed by atoms with Crippen LogP contribution in [0.3, 0.4) is 0 Å². The van der Waals surface area contributed by atoms with E-state index in [2.05, 4.69) is 5.32 Å². The van der Waals surface area contributed by atoms with Gasteiger partial charge in [0, 0.05) is 6.42 Å². The quantitative estimate of drug-likeness (QED) is 0.756. The summed E-state index contributed by atoms with van der Waals surface area (Å²) in [5, 5.41) is 21.4. The van der Waals surface area contributed by atoms with Crippen LogP contribution in [0.2, 0.25) is 0 Å². The molecule has 2 atom stereocenters. The summed E-state index contributed by atoms with van der Waals surface area (Å²) in [6.07, 6.45) is -1.70. The summed E-state index contributed by atoms with van der Waals surface area (Å²) in [5.41, 5.74) is 0.523. The summed E-state index contributed by atoms with van der Waals surface area (Å²) in [5.74, 6) is -2.70. The Morgan fingerprint density at radius 1 is 1.04 bits per heavy atom. The van der Waals surface area contributed by atoms with Gasteiger partial charge in [0.1, 0.15) is 11.9 Å². The van der Waals surface area contributed by atoms with Gasteiger partial charge >= 0.3 is 5.97 Å². The number of halogens is 1. The maximum Gasteiger partial charge on any atom is 0.326 e. The molecule has 0 aliphatic heterocycles. The number of aliphatic hydroxyl groups is 1. The maximum atomic E-state index is 13.6. The van der Waals surface area contributed by atoms with Crippen LogP contribution in [0.15, 0.2) is 54.6 Å². The molecule has 2 aromatic rings. The van der Waals surface area contributed by atoms with Crippen molar-refractivity contribution in [2.24, 2.45) is 0 Å². The molecular weight excluding hydrogens is 301 g/mol. The van der Waals surface area contributed by atoms with Gasteiger partial charge in [-0.1, -0.05) is 48.5 Å². The average molecular weight is 317 g/mol. The Labute approximate surface area is 132 Å². The summed E-state index contributed by atoms with van der Waals surface area (Å²) in [7, 11) is 0. The van der Waals surface area contributed by atoms with E-state index in [0.29, 0.717) is 5.56 Å². The lowest BCUT2D eigenvalue weighted by molar-refractivity contribution is -0.143. The zero-order valence-electron chi connectivity index (χ0n) is 12.1. The molecule has 2 aromatic carbocycles. The minimum atomic E-state index is -1.49. The van der Waals surface area contributed by atoms with Crippen molar-refractivity contribution in [3.63, 3.8) is 0 Å². The molecule has 120 valence electrons. The minimum Gasteiger partial charge on any atom is -0.480 e. The number of hydrogen-bond donors (Lipinski definition) is 3. The van der Waals surface area contributed by atoms with E-state index in [1.165, 1.54) is 18.2 Å². The predicted molar refractivity (Wildman–Crippen MR) is 81.1 cm³/mol. The Balaban J connectivity index is 2.09. The lowest BCUT2D eigenvalue weighted by Gasteiger charge is -2.18. The Bertz CT molecular complexity index is 690. The SMILES string of the molecule is O=C(N[C@H](Cc1ccccc1F)C(=O)O)[C@@H](O)c1ccccc1. The van der Waals surface area contributed by atoms with Gasteiger partial charge in [0.15, 0.2) is 6.10 Å².